The average molecular weight is 449 g/mol. The number of halogens is 3. The second-order valence-electron chi connectivity index (χ2n) is 7.14. The maximum absolute atomic E-state index is 13.9. The number of nitrogen functional groups attached to an aromatic ring is 1. The van der Waals surface area contributed by atoms with Crippen molar-refractivity contribution < 1.29 is 19.1 Å². The molecule has 30 heavy (non-hydrogen) atoms. The molecule has 1 amide bonds. The van der Waals surface area contributed by atoms with Crippen LogP contribution in [0.3, 0.4) is 0 Å². The molecular formula is C20H15Cl2FN4O3. The van der Waals surface area contributed by atoms with Gasteiger partial charge in [-0.1, -0.05) is 35.3 Å². The Bertz CT molecular complexity index is 1170. The number of nitrogens with two attached hydrogens (primary N) is 1. The molecule has 3 N–H and O–H groups in total. The third kappa shape index (κ3) is 3.00. The van der Waals surface area contributed by atoms with Crippen LogP contribution in [0.2, 0.25) is 10.0 Å². The van der Waals surface area contributed by atoms with E-state index in [4.69, 9.17) is 28.9 Å². The van der Waals surface area contributed by atoms with Crippen molar-refractivity contribution in [2.45, 2.75) is 18.9 Å². The highest BCUT2D eigenvalue weighted by atomic mass is 35.5. The van der Waals surface area contributed by atoms with E-state index in [1.165, 1.54) is 27.8 Å². The molecule has 1 atom stereocenters. The lowest BCUT2D eigenvalue weighted by atomic mass is 9.91. The van der Waals surface area contributed by atoms with Gasteiger partial charge in [-0.25, -0.2) is 19.1 Å². The lowest BCUT2D eigenvalue weighted by Crippen LogP contribution is -2.42. The Kier molecular flexibility index (Phi) is 4.71. The summed E-state index contributed by atoms with van der Waals surface area (Å²) in [6, 6.07) is 9.41. The molecule has 0 unspecified atom stereocenters. The molecule has 0 saturated carbocycles. The van der Waals surface area contributed by atoms with Crippen LogP contribution >= 0.6 is 23.2 Å². The van der Waals surface area contributed by atoms with Gasteiger partial charge in [-0.3, -0.25) is 9.36 Å². The lowest BCUT2D eigenvalue weighted by molar-refractivity contribution is -0.123. The fourth-order valence-electron chi connectivity index (χ4n) is 3.66. The summed E-state index contributed by atoms with van der Waals surface area (Å²) in [5.74, 6) is -2.42. The second kappa shape index (κ2) is 7.00. The van der Waals surface area contributed by atoms with E-state index in [0.29, 0.717) is 5.69 Å². The van der Waals surface area contributed by atoms with Crippen molar-refractivity contribution in [3.8, 4) is 0 Å². The van der Waals surface area contributed by atoms with Crippen molar-refractivity contribution in [3.63, 3.8) is 0 Å². The average Bonchev–Trinajstić information content (AvgIpc) is 3.21. The maximum atomic E-state index is 13.9. The van der Waals surface area contributed by atoms with Crippen LogP contribution in [-0.4, -0.2) is 26.5 Å². The first-order valence-corrected chi connectivity index (χ1v) is 9.54. The number of fused-ring (bicyclic) bond motifs is 1. The summed E-state index contributed by atoms with van der Waals surface area (Å²) in [6.45, 7) is 1.62. The molecule has 1 aliphatic rings. The van der Waals surface area contributed by atoms with E-state index < -0.39 is 23.2 Å². The van der Waals surface area contributed by atoms with Gasteiger partial charge in [-0.15, -0.1) is 0 Å². The van der Waals surface area contributed by atoms with Gasteiger partial charge in [0.05, 0.1) is 21.9 Å². The van der Waals surface area contributed by atoms with Gasteiger partial charge in [0.15, 0.2) is 5.82 Å². The first-order valence-electron chi connectivity index (χ1n) is 8.78. The Morgan fingerprint density at radius 2 is 1.83 bits per heavy atom. The van der Waals surface area contributed by atoms with Crippen LogP contribution in [0.5, 0.6) is 0 Å². The van der Waals surface area contributed by atoms with Crippen LogP contribution in [0.1, 0.15) is 23.0 Å². The molecule has 2 aromatic carbocycles. The number of aromatic nitrogens is 2. The zero-order valence-electron chi connectivity index (χ0n) is 15.6. The SMILES string of the molecule is C[C@@]1(Cc2ccc(N)cc2)C(=O)N(c2cc(Cl)c(F)c(Cl)c2)c2ncc(C(=O)O)n21. The summed E-state index contributed by atoms with van der Waals surface area (Å²) in [5.41, 5.74) is 5.78. The second-order valence-corrected chi connectivity index (χ2v) is 7.95. The first-order chi connectivity index (χ1) is 14.1. The van der Waals surface area contributed by atoms with Gasteiger partial charge in [-0.2, -0.15) is 0 Å². The van der Waals surface area contributed by atoms with Gasteiger partial charge in [0.2, 0.25) is 5.95 Å². The van der Waals surface area contributed by atoms with Crippen LogP contribution in [0.4, 0.5) is 21.7 Å². The molecular weight excluding hydrogens is 434 g/mol. The smallest absolute Gasteiger partial charge is 0.354 e. The van der Waals surface area contributed by atoms with Crippen molar-refractivity contribution in [2.24, 2.45) is 0 Å². The molecule has 4 rings (SSSR count). The van der Waals surface area contributed by atoms with E-state index in [1.807, 2.05) is 0 Å². The number of amides is 1. The fourth-order valence-corrected chi connectivity index (χ4v) is 4.13. The van der Waals surface area contributed by atoms with Crippen molar-refractivity contribution >= 4 is 52.4 Å². The number of aromatic carboxylic acids is 1. The molecule has 0 bridgehead atoms. The van der Waals surface area contributed by atoms with Gasteiger partial charge < -0.3 is 10.8 Å². The van der Waals surface area contributed by atoms with Crippen LogP contribution in [0.25, 0.3) is 0 Å². The molecule has 3 aromatic rings. The maximum Gasteiger partial charge on any atom is 0.354 e. The Morgan fingerprint density at radius 1 is 1.23 bits per heavy atom. The first kappa shape index (κ1) is 20.2. The predicted molar refractivity (Wildman–Crippen MR) is 111 cm³/mol. The highest BCUT2D eigenvalue weighted by Gasteiger charge is 2.51. The standard InChI is InChI=1S/C20H15Cl2FN4O3/c1-20(8-10-2-4-11(24)5-3-10)18(30)26(12-6-13(21)16(23)14(22)7-12)19-25-9-15(17(28)29)27(19)20/h2-7,9H,8,24H2,1H3,(H,28,29)/t20-/m1/s1. The molecule has 0 saturated heterocycles. The van der Waals surface area contributed by atoms with Crippen LogP contribution in [0.15, 0.2) is 42.6 Å². The van der Waals surface area contributed by atoms with Crippen molar-refractivity contribution in [2.75, 3.05) is 10.6 Å². The molecule has 0 radical (unpaired) electrons. The largest absolute Gasteiger partial charge is 0.477 e. The van der Waals surface area contributed by atoms with E-state index in [-0.39, 0.29) is 33.8 Å². The van der Waals surface area contributed by atoms with Crippen LogP contribution in [0, 0.1) is 5.82 Å². The number of carbonyl (C=O) groups excluding carboxylic acids is 1. The molecule has 7 nitrogen and oxygen atoms in total. The molecule has 2 heterocycles. The summed E-state index contributed by atoms with van der Waals surface area (Å²) < 4.78 is 15.3. The Hall–Kier alpha value is -3.10. The summed E-state index contributed by atoms with van der Waals surface area (Å²) in [4.78, 5) is 30.7. The molecule has 0 spiro atoms. The molecule has 10 heteroatoms. The number of carbonyl (C=O) groups is 2. The number of carboxylic acid groups (broad SMARTS) is 1. The molecule has 1 aromatic heterocycles. The number of hydrogen-bond acceptors (Lipinski definition) is 4. The van der Waals surface area contributed by atoms with Crippen LogP contribution in [-0.2, 0) is 16.8 Å². The number of anilines is 3. The zero-order chi connectivity index (χ0) is 21.8. The number of benzene rings is 2. The summed E-state index contributed by atoms with van der Waals surface area (Å²) >= 11 is 11.8. The highest BCUT2D eigenvalue weighted by molar-refractivity contribution is 6.35. The topological polar surface area (TPSA) is 101 Å². The van der Waals surface area contributed by atoms with E-state index in [2.05, 4.69) is 4.98 Å². The Balaban J connectivity index is 1.89. The molecule has 154 valence electrons. The Morgan fingerprint density at radius 3 is 2.40 bits per heavy atom. The number of rotatable bonds is 4. The number of carboxylic acids is 1. The minimum atomic E-state index is -1.32. The quantitative estimate of drug-likeness (QED) is 0.458. The van der Waals surface area contributed by atoms with Gasteiger partial charge in [0.1, 0.15) is 11.2 Å². The van der Waals surface area contributed by atoms with E-state index in [1.54, 1.807) is 31.2 Å². The van der Waals surface area contributed by atoms with Gasteiger partial charge in [0, 0.05) is 12.1 Å². The fraction of sp³-hybridized carbons (Fsp3) is 0.150. The van der Waals surface area contributed by atoms with E-state index in [9.17, 15) is 19.1 Å². The monoisotopic (exact) mass is 448 g/mol. The third-order valence-electron chi connectivity index (χ3n) is 5.07. The predicted octanol–water partition coefficient (Wildman–Crippen LogP) is 4.25. The minimum Gasteiger partial charge on any atom is -0.477 e. The van der Waals surface area contributed by atoms with Crippen molar-refractivity contribution in [1.29, 1.82) is 0 Å². The lowest BCUT2D eigenvalue weighted by Gasteiger charge is -2.26. The third-order valence-corrected chi connectivity index (χ3v) is 5.62. The normalized spacial score (nSPS) is 18.0. The minimum absolute atomic E-state index is 0.0779. The Labute approximate surface area is 180 Å². The van der Waals surface area contributed by atoms with Gasteiger partial charge in [-0.05, 0) is 36.8 Å². The van der Waals surface area contributed by atoms with E-state index >= 15 is 0 Å². The van der Waals surface area contributed by atoms with Gasteiger partial charge in [0.25, 0.3) is 5.91 Å². The summed E-state index contributed by atoms with van der Waals surface area (Å²) in [6.07, 6.45) is 1.35. The molecule has 0 aliphatic carbocycles. The van der Waals surface area contributed by atoms with Gasteiger partial charge >= 0.3 is 5.97 Å². The number of nitrogens with zero attached hydrogens (tertiary/aromatic N) is 3. The summed E-state index contributed by atoms with van der Waals surface area (Å²) in [7, 11) is 0. The van der Waals surface area contributed by atoms with Crippen molar-refractivity contribution in [3.05, 3.63) is 69.7 Å². The van der Waals surface area contributed by atoms with Crippen LogP contribution < -0.4 is 10.6 Å². The zero-order valence-corrected chi connectivity index (χ0v) is 17.1. The van der Waals surface area contributed by atoms with E-state index in [0.717, 1.165) is 5.56 Å². The highest BCUT2D eigenvalue weighted by Crippen LogP contribution is 2.44. The summed E-state index contributed by atoms with van der Waals surface area (Å²) in [5, 5.41) is 9.10. The molecule has 0 fully saturated rings. The number of hydrogen-bond donors (Lipinski definition) is 2. The molecule has 1 aliphatic heterocycles. The number of imidazole rings is 1. The van der Waals surface area contributed by atoms with Crippen molar-refractivity contribution in [1.82, 2.24) is 9.55 Å².